The Bertz CT molecular complexity index is 1190. The number of carbonyl (C=O) groups excluding carboxylic acids is 2. The van der Waals surface area contributed by atoms with Crippen LogP contribution in [0.25, 0.3) is 0 Å². The summed E-state index contributed by atoms with van der Waals surface area (Å²) < 4.78 is 26.6. The maximum absolute atomic E-state index is 13.8. The summed E-state index contributed by atoms with van der Waals surface area (Å²) in [7, 11) is -3.82. The number of hydrogen-bond donors (Lipinski definition) is 1. The molecule has 1 atom stereocenters. The Labute approximate surface area is 224 Å². The lowest BCUT2D eigenvalue weighted by Crippen LogP contribution is -2.55. The molecule has 0 spiro atoms. The molecule has 2 amide bonds. The molecule has 0 heterocycles. The van der Waals surface area contributed by atoms with Crippen LogP contribution in [-0.2, 0) is 26.2 Å². The van der Waals surface area contributed by atoms with Crippen LogP contribution < -0.4 is 9.62 Å². The number of benzene rings is 2. The zero-order chi connectivity index (χ0) is 27.4. The first-order valence-electron chi connectivity index (χ1n) is 11.6. The third-order valence-electron chi connectivity index (χ3n) is 5.45. The van der Waals surface area contributed by atoms with Gasteiger partial charge >= 0.3 is 0 Å². The Kier molecular flexibility index (Phi) is 9.84. The topological polar surface area (TPSA) is 86.8 Å². The molecule has 2 aromatic rings. The third kappa shape index (κ3) is 8.11. The van der Waals surface area contributed by atoms with E-state index in [0.717, 1.165) is 21.7 Å². The summed E-state index contributed by atoms with van der Waals surface area (Å²) in [4.78, 5) is 28.4. The lowest BCUT2D eigenvalue weighted by Gasteiger charge is -2.35. The van der Waals surface area contributed by atoms with Crippen LogP contribution in [0.4, 0.5) is 5.69 Å². The Morgan fingerprint density at radius 1 is 1.03 bits per heavy atom. The van der Waals surface area contributed by atoms with Gasteiger partial charge < -0.3 is 10.2 Å². The molecule has 198 valence electrons. The van der Waals surface area contributed by atoms with Crippen LogP contribution >= 0.6 is 23.2 Å². The number of carbonyl (C=O) groups is 2. The van der Waals surface area contributed by atoms with Crippen LogP contribution in [0.1, 0.15) is 50.8 Å². The number of sulfonamides is 1. The van der Waals surface area contributed by atoms with Crippen LogP contribution in [0.2, 0.25) is 10.0 Å². The minimum absolute atomic E-state index is 0.0577. The largest absolute Gasteiger partial charge is 0.350 e. The first-order chi connectivity index (χ1) is 16.5. The fourth-order valence-electron chi connectivity index (χ4n) is 3.93. The van der Waals surface area contributed by atoms with Crippen molar-refractivity contribution in [2.24, 2.45) is 0 Å². The summed E-state index contributed by atoms with van der Waals surface area (Å²) in [5.74, 6) is -0.898. The van der Waals surface area contributed by atoms with Gasteiger partial charge in [0.15, 0.2) is 0 Å². The number of amides is 2. The van der Waals surface area contributed by atoms with Crippen LogP contribution in [0.5, 0.6) is 0 Å². The summed E-state index contributed by atoms with van der Waals surface area (Å²) >= 11 is 12.8. The second kappa shape index (κ2) is 11.8. The Balaban J connectivity index is 2.55. The average Bonchev–Trinajstić information content (AvgIpc) is 2.70. The molecule has 0 radical (unpaired) electrons. The van der Waals surface area contributed by atoms with Gasteiger partial charge in [-0.3, -0.25) is 13.9 Å². The summed E-state index contributed by atoms with van der Waals surface area (Å²) in [6, 6.07) is 9.46. The minimum atomic E-state index is -3.82. The molecule has 0 aliphatic rings. The molecular formula is C26H35Cl2N3O4S. The van der Waals surface area contributed by atoms with Crippen LogP contribution in [0.3, 0.4) is 0 Å². The second-order valence-corrected chi connectivity index (χ2v) is 12.7. The van der Waals surface area contributed by atoms with Crippen molar-refractivity contribution in [3.05, 3.63) is 63.1 Å². The Morgan fingerprint density at radius 3 is 2.00 bits per heavy atom. The molecular weight excluding hydrogens is 521 g/mol. The van der Waals surface area contributed by atoms with Gasteiger partial charge in [-0.25, -0.2) is 8.42 Å². The smallest absolute Gasteiger partial charge is 0.244 e. The number of nitrogens with zero attached hydrogens (tertiary/aromatic N) is 2. The van der Waals surface area contributed by atoms with E-state index in [1.807, 2.05) is 40.7 Å². The summed E-state index contributed by atoms with van der Waals surface area (Å²) in [6.45, 7) is 10.5. The highest BCUT2D eigenvalue weighted by Gasteiger charge is 2.33. The molecule has 0 fully saturated rings. The summed E-state index contributed by atoms with van der Waals surface area (Å²) in [5, 5.41) is 3.62. The molecule has 0 aliphatic heterocycles. The predicted molar refractivity (Wildman–Crippen MR) is 147 cm³/mol. The average molecular weight is 557 g/mol. The number of aryl methyl sites for hydroxylation is 2. The van der Waals surface area contributed by atoms with Crippen molar-refractivity contribution in [3.63, 3.8) is 0 Å². The molecule has 0 unspecified atom stereocenters. The van der Waals surface area contributed by atoms with Crippen molar-refractivity contribution in [3.8, 4) is 0 Å². The van der Waals surface area contributed by atoms with Crippen LogP contribution in [0, 0.1) is 13.8 Å². The van der Waals surface area contributed by atoms with Gasteiger partial charge in [-0.2, -0.15) is 0 Å². The van der Waals surface area contributed by atoms with Crippen molar-refractivity contribution in [2.75, 3.05) is 17.1 Å². The van der Waals surface area contributed by atoms with E-state index >= 15 is 0 Å². The number of nitrogens with one attached hydrogen (secondary N) is 1. The highest BCUT2D eigenvalue weighted by Crippen LogP contribution is 2.28. The van der Waals surface area contributed by atoms with Gasteiger partial charge in [0.05, 0.1) is 11.9 Å². The Morgan fingerprint density at radius 2 is 1.56 bits per heavy atom. The second-order valence-electron chi connectivity index (χ2n) is 10.0. The highest BCUT2D eigenvalue weighted by molar-refractivity contribution is 7.92. The van der Waals surface area contributed by atoms with Crippen LogP contribution in [-0.4, -0.2) is 49.5 Å². The SMILES string of the molecule is CC[C@H](C(=O)NC(C)(C)C)N(Cc1c(Cl)cccc1Cl)C(=O)CN(c1cc(C)cc(C)c1)S(C)(=O)=O. The van der Waals surface area contributed by atoms with Gasteiger partial charge in [-0.05, 0) is 76.4 Å². The molecule has 2 rings (SSSR count). The lowest BCUT2D eigenvalue weighted by atomic mass is 10.1. The van der Waals surface area contributed by atoms with Gasteiger partial charge in [-0.15, -0.1) is 0 Å². The molecule has 1 N–H and O–H groups in total. The van der Waals surface area contributed by atoms with Gasteiger partial charge in [0.2, 0.25) is 21.8 Å². The zero-order valence-corrected chi connectivity index (χ0v) is 24.2. The zero-order valence-electron chi connectivity index (χ0n) is 21.9. The fourth-order valence-corrected chi connectivity index (χ4v) is 5.28. The van der Waals surface area contributed by atoms with Gasteiger partial charge in [0.25, 0.3) is 0 Å². The molecule has 0 saturated heterocycles. The van der Waals surface area contributed by atoms with Gasteiger partial charge in [0, 0.05) is 27.7 Å². The van der Waals surface area contributed by atoms with Gasteiger partial charge in [0.1, 0.15) is 12.6 Å². The van der Waals surface area contributed by atoms with Gasteiger partial charge in [-0.1, -0.05) is 42.3 Å². The maximum Gasteiger partial charge on any atom is 0.244 e. The predicted octanol–water partition coefficient (Wildman–Crippen LogP) is 5.10. The third-order valence-corrected chi connectivity index (χ3v) is 7.30. The molecule has 0 aromatic heterocycles. The standard InChI is InChI=1S/C26H35Cl2N3O4S/c1-8-23(25(33)29-26(4,5)6)30(15-20-21(27)10-9-11-22(20)28)24(32)16-31(36(7,34)35)19-13-17(2)12-18(3)14-19/h9-14,23H,8,15-16H2,1-7H3,(H,29,33)/t23-/m1/s1. The number of rotatable bonds is 9. The molecule has 0 saturated carbocycles. The van der Waals surface area contributed by atoms with E-state index in [-0.39, 0.29) is 12.5 Å². The number of halogens is 2. The number of hydrogen-bond acceptors (Lipinski definition) is 4. The van der Waals surface area contributed by atoms with Crippen molar-refractivity contribution in [1.82, 2.24) is 10.2 Å². The van der Waals surface area contributed by atoms with E-state index in [1.165, 1.54) is 4.90 Å². The monoisotopic (exact) mass is 555 g/mol. The van der Waals surface area contributed by atoms with E-state index < -0.39 is 34.1 Å². The molecule has 0 bridgehead atoms. The first-order valence-corrected chi connectivity index (χ1v) is 14.2. The fraction of sp³-hybridized carbons (Fsp3) is 0.462. The molecule has 7 nitrogen and oxygen atoms in total. The van der Waals surface area contributed by atoms with E-state index in [2.05, 4.69) is 5.32 Å². The normalized spacial score (nSPS) is 12.7. The van der Waals surface area contributed by atoms with Crippen molar-refractivity contribution in [1.29, 1.82) is 0 Å². The minimum Gasteiger partial charge on any atom is -0.350 e. The van der Waals surface area contributed by atoms with Crippen LogP contribution in [0.15, 0.2) is 36.4 Å². The molecule has 36 heavy (non-hydrogen) atoms. The lowest BCUT2D eigenvalue weighted by molar-refractivity contribution is -0.141. The molecule has 10 heteroatoms. The van der Waals surface area contributed by atoms with E-state index in [4.69, 9.17) is 23.2 Å². The summed E-state index contributed by atoms with van der Waals surface area (Å²) in [5.41, 5.74) is 2.06. The Hall–Kier alpha value is -2.29. The summed E-state index contributed by atoms with van der Waals surface area (Å²) in [6.07, 6.45) is 1.36. The van der Waals surface area contributed by atoms with Crippen molar-refractivity contribution >= 4 is 50.7 Å². The maximum atomic E-state index is 13.8. The first kappa shape index (κ1) is 29.9. The highest BCUT2D eigenvalue weighted by atomic mass is 35.5. The number of anilines is 1. The van der Waals surface area contributed by atoms with E-state index in [1.54, 1.807) is 37.3 Å². The van der Waals surface area contributed by atoms with Crippen molar-refractivity contribution in [2.45, 2.75) is 66.1 Å². The molecule has 2 aromatic carbocycles. The quantitative estimate of drug-likeness (QED) is 0.466. The van der Waals surface area contributed by atoms with E-state index in [0.29, 0.717) is 27.7 Å². The van der Waals surface area contributed by atoms with Crippen molar-refractivity contribution < 1.29 is 18.0 Å². The molecule has 0 aliphatic carbocycles. The van der Waals surface area contributed by atoms with E-state index in [9.17, 15) is 18.0 Å².